The Morgan fingerprint density at radius 2 is 1.76 bits per heavy atom. The molecule has 0 amide bonds. The van der Waals surface area contributed by atoms with Crippen LogP contribution in [0, 0.1) is 11.6 Å². The SMILES string of the molecule is Fc1ccc(-c2ccccc2F)c(CO[C@H]2CCNC2)c1.O=C(O)/C=C/C(=O)O. The molecule has 29 heavy (non-hydrogen) atoms. The lowest BCUT2D eigenvalue weighted by atomic mass is 9.99. The van der Waals surface area contributed by atoms with E-state index in [4.69, 9.17) is 14.9 Å². The zero-order valence-corrected chi connectivity index (χ0v) is 15.5. The van der Waals surface area contributed by atoms with Gasteiger partial charge < -0.3 is 20.3 Å². The van der Waals surface area contributed by atoms with Crippen LogP contribution < -0.4 is 5.32 Å². The molecule has 1 atom stereocenters. The Bertz CT molecular complexity index is 863. The van der Waals surface area contributed by atoms with Gasteiger partial charge in [0.15, 0.2) is 0 Å². The van der Waals surface area contributed by atoms with E-state index >= 15 is 0 Å². The summed E-state index contributed by atoms with van der Waals surface area (Å²) in [6.07, 6.45) is 2.20. The fourth-order valence-electron chi connectivity index (χ4n) is 2.74. The third-order valence-corrected chi connectivity index (χ3v) is 4.09. The molecule has 0 unspecified atom stereocenters. The quantitative estimate of drug-likeness (QED) is 0.639. The van der Waals surface area contributed by atoms with E-state index in [0.717, 1.165) is 19.5 Å². The number of hydrogen-bond donors (Lipinski definition) is 3. The zero-order chi connectivity index (χ0) is 21.2. The topological polar surface area (TPSA) is 95.9 Å². The molecule has 2 aromatic rings. The van der Waals surface area contributed by atoms with Crippen LogP contribution in [0.15, 0.2) is 54.6 Å². The van der Waals surface area contributed by atoms with Gasteiger partial charge in [0.25, 0.3) is 0 Å². The molecule has 1 aliphatic heterocycles. The molecule has 2 aromatic carbocycles. The van der Waals surface area contributed by atoms with Crippen LogP contribution in [0.2, 0.25) is 0 Å². The Morgan fingerprint density at radius 1 is 1.07 bits per heavy atom. The standard InChI is InChI=1S/C17H17F2NO.C4H4O4/c18-13-5-6-15(16-3-1-2-4-17(16)19)12(9-13)11-21-14-7-8-20-10-14;5-3(6)1-2-4(7)8/h1-6,9,14,20H,7-8,10-11H2;1-2H,(H,5,6)(H,7,8)/b;2-1+/t14-;/m0./s1. The van der Waals surface area contributed by atoms with Gasteiger partial charge in [-0.15, -0.1) is 0 Å². The van der Waals surface area contributed by atoms with Gasteiger partial charge in [-0.25, -0.2) is 18.4 Å². The highest BCUT2D eigenvalue weighted by Gasteiger charge is 2.16. The predicted molar refractivity (Wildman–Crippen MR) is 102 cm³/mol. The van der Waals surface area contributed by atoms with Crippen LogP contribution in [0.1, 0.15) is 12.0 Å². The molecule has 3 rings (SSSR count). The highest BCUT2D eigenvalue weighted by Crippen LogP contribution is 2.28. The van der Waals surface area contributed by atoms with Crippen LogP contribution in [0.4, 0.5) is 8.78 Å². The van der Waals surface area contributed by atoms with Crippen molar-refractivity contribution in [3.05, 3.63) is 71.8 Å². The van der Waals surface area contributed by atoms with Gasteiger partial charge in [-0.05, 0) is 42.3 Å². The number of halogens is 2. The Kier molecular flexibility index (Phi) is 8.45. The minimum absolute atomic E-state index is 0.140. The van der Waals surface area contributed by atoms with Crippen molar-refractivity contribution in [2.45, 2.75) is 19.1 Å². The molecule has 0 saturated carbocycles. The number of nitrogens with one attached hydrogen (secondary N) is 1. The minimum atomic E-state index is -1.26. The van der Waals surface area contributed by atoms with E-state index in [1.807, 2.05) is 0 Å². The average Bonchev–Trinajstić information content (AvgIpc) is 3.20. The van der Waals surface area contributed by atoms with Gasteiger partial charge in [-0.1, -0.05) is 24.3 Å². The van der Waals surface area contributed by atoms with Crippen molar-refractivity contribution in [1.29, 1.82) is 0 Å². The first-order valence-electron chi connectivity index (χ1n) is 8.86. The summed E-state index contributed by atoms with van der Waals surface area (Å²) in [5.41, 5.74) is 1.83. The summed E-state index contributed by atoms with van der Waals surface area (Å²) in [6.45, 7) is 2.03. The molecule has 0 aromatic heterocycles. The number of benzene rings is 2. The molecule has 1 fully saturated rings. The van der Waals surface area contributed by atoms with Crippen LogP contribution >= 0.6 is 0 Å². The van der Waals surface area contributed by atoms with E-state index in [0.29, 0.717) is 28.8 Å². The summed E-state index contributed by atoms with van der Waals surface area (Å²) >= 11 is 0. The van der Waals surface area contributed by atoms with Crippen molar-refractivity contribution in [3.63, 3.8) is 0 Å². The van der Waals surface area contributed by atoms with Crippen molar-refractivity contribution in [1.82, 2.24) is 5.32 Å². The van der Waals surface area contributed by atoms with E-state index in [9.17, 15) is 18.4 Å². The molecule has 8 heteroatoms. The van der Waals surface area contributed by atoms with Crippen LogP contribution in [-0.4, -0.2) is 41.3 Å². The lowest BCUT2D eigenvalue weighted by Crippen LogP contribution is -2.16. The number of ether oxygens (including phenoxy) is 1. The van der Waals surface area contributed by atoms with Crippen LogP contribution in [0.25, 0.3) is 11.1 Å². The third-order valence-electron chi connectivity index (χ3n) is 4.09. The maximum atomic E-state index is 14.0. The lowest BCUT2D eigenvalue weighted by molar-refractivity contribution is -0.134. The third kappa shape index (κ3) is 7.44. The number of hydrogen-bond acceptors (Lipinski definition) is 4. The summed E-state index contributed by atoms with van der Waals surface area (Å²) in [4.78, 5) is 19.1. The molecule has 3 N–H and O–H groups in total. The monoisotopic (exact) mass is 405 g/mol. The summed E-state index contributed by atoms with van der Waals surface area (Å²) in [7, 11) is 0. The van der Waals surface area contributed by atoms with E-state index in [-0.39, 0.29) is 24.3 Å². The molecular weight excluding hydrogens is 384 g/mol. The van der Waals surface area contributed by atoms with Crippen LogP contribution in [0.3, 0.4) is 0 Å². The van der Waals surface area contributed by atoms with Crippen LogP contribution in [0.5, 0.6) is 0 Å². The van der Waals surface area contributed by atoms with Crippen molar-refractivity contribution in [2.75, 3.05) is 13.1 Å². The average molecular weight is 405 g/mol. The largest absolute Gasteiger partial charge is 0.478 e. The highest BCUT2D eigenvalue weighted by molar-refractivity contribution is 5.89. The number of carboxylic acid groups (broad SMARTS) is 2. The van der Waals surface area contributed by atoms with Gasteiger partial charge in [-0.2, -0.15) is 0 Å². The van der Waals surface area contributed by atoms with E-state index in [2.05, 4.69) is 5.32 Å². The predicted octanol–water partition coefficient (Wildman–Crippen LogP) is 3.22. The maximum Gasteiger partial charge on any atom is 0.328 e. The molecule has 1 saturated heterocycles. The molecule has 1 heterocycles. The number of carboxylic acids is 2. The van der Waals surface area contributed by atoms with Gasteiger partial charge >= 0.3 is 11.9 Å². The van der Waals surface area contributed by atoms with Gasteiger partial charge in [0.1, 0.15) is 11.6 Å². The zero-order valence-electron chi connectivity index (χ0n) is 15.5. The first-order valence-corrected chi connectivity index (χ1v) is 8.86. The van der Waals surface area contributed by atoms with Gasteiger partial charge in [0.2, 0.25) is 0 Å². The van der Waals surface area contributed by atoms with Crippen molar-refractivity contribution in [2.24, 2.45) is 0 Å². The Morgan fingerprint density at radius 3 is 2.34 bits per heavy atom. The van der Waals surface area contributed by atoms with E-state index < -0.39 is 11.9 Å². The molecule has 0 aliphatic carbocycles. The molecule has 1 aliphatic rings. The second-order valence-corrected chi connectivity index (χ2v) is 6.22. The van der Waals surface area contributed by atoms with Gasteiger partial charge in [0.05, 0.1) is 12.7 Å². The van der Waals surface area contributed by atoms with E-state index in [1.54, 1.807) is 24.3 Å². The number of rotatable bonds is 6. The summed E-state index contributed by atoms with van der Waals surface area (Å²) in [6, 6.07) is 10.9. The summed E-state index contributed by atoms with van der Waals surface area (Å²) in [5.74, 6) is -3.16. The fraction of sp³-hybridized carbons (Fsp3) is 0.238. The highest BCUT2D eigenvalue weighted by atomic mass is 19.1. The summed E-state index contributed by atoms with van der Waals surface area (Å²) in [5, 5.41) is 18.8. The second kappa shape index (κ2) is 11.0. The Hall–Kier alpha value is -3.10. The van der Waals surface area contributed by atoms with Crippen molar-refractivity contribution in [3.8, 4) is 11.1 Å². The second-order valence-electron chi connectivity index (χ2n) is 6.22. The molecule has 0 radical (unpaired) electrons. The van der Waals surface area contributed by atoms with Gasteiger partial charge in [0, 0.05) is 24.3 Å². The maximum absolute atomic E-state index is 14.0. The normalized spacial score (nSPS) is 15.7. The molecule has 0 bridgehead atoms. The lowest BCUT2D eigenvalue weighted by Gasteiger charge is -2.14. The van der Waals surface area contributed by atoms with Crippen molar-refractivity contribution >= 4 is 11.9 Å². The number of carbonyl (C=O) groups is 2. The molecule has 154 valence electrons. The first kappa shape index (κ1) is 22.2. The minimum Gasteiger partial charge on any atom is -0.478 e. The Labute approximate surface area is 166 Å². The Balaban J connectivity index is 0.000000321. The van der Waals surface area contributed by atoms with Gasteiger partial charge in [-0.3, -0.25) is 0 Å². The number of aliphatic carboxylic acids is 2. The fourth-order valence-corrected chi connectivity index (χ4v) is 2.74. The summed E-state index contributed by atoms with van der Waals surface area (Å²) < 4.78 is 33.2. The first-order chi connectivity index (χ1) is 13.9. The molecular formula is C21H21F2NO5. The van der Waals surface area contributed by atoms with Crippen molar-refractivity contribution < 1.29 is 33.3 Å². The molecule has 6 nitrogen and oxygen atoms in total. The molecule has 0 spiro atoms. The van der Waals surface area contributed by atoms with Crippen LogP contribution in [-0.2, 0) is 20.9 Å². The van der Waals surface area contributed by atoms with E-state index in [1.165, 1.54) is 18.2 Å². The smallest absolute Gasteiger partial charge is 0.328 e.